The highest BCUT2D eigenvalue weighted by Crippen LogP contribution is 2.35. The first-order chi connectivity index (χ1) is 10.1. The second kappa shape index (κ2) is 5.91. The maximum absolute atomic E-state index is 12.8. The van der Waals surface area contributed by atoms with Crippen molar-refractivity contribution in [2.75, 3.05) is 13.1 Å². The molecule has 0 saturated carbocycles. The Hall–Kier alpha value is -1.56. The van der Waals surface area contributed by atoms with Gasteiger partial charge in [0.15, 0.2) is 0 Å². The van der Waals surface area contributed by atoms with Crippen molar-refractivity contribution in [3.05, 3.63) is 35.4 Å². The smallest absolute Gasteiger partial charge is 0.416 e. The Kier molecular flexibility index (Phi) is 4.52. The fraction of sp³-hybridized carbons (Fsp3) is 0.562. The van der Waals surface area contributed by atoms with Crippen molar-refractivity contribution in [2.24, 2.45) is 5.92 Å². The molecule has 2 unspecified atom stereocenters. The number of esters is 1. The van der Waals surface area contributed by atoms with Crippen LogP contribution in [0.2, 0.25) is 0 Å². The summed E-state index contributed by atoms with van der Waals surface area (Å²) in [7, 11) is 0. The lowest BCUT2D eigenvalue weighted by atomic mass is 9.88. The molecule has 0 spiro atoms. The quantitative estimate of drug-likeness (QED) is 0.851. The minimum absolute atomic E-state index is 0.308. The number of hydrogen-bond acceptors (Lipinski definition) is 3. The van der Waals surface area contributed by atoms with Gasteiger partial charge in [-0.2, -0.15) is 13.2 Å². The number of benzene rings is 1. The highest BCUT2D eigenvalue weighted by Gasteiger charge is 2.38. The Morgan fingerprint density at radius 1 is 1.23 bits per heavy atom. The van der Waals surface area contributed by atoms with Gasteiger partial charge in [0.2, 0.25) is 0 Å². The molecule has 0 amide bonds. The van der Waals surface area contributed by atoms with Crippen LogP contribution < -0.4 is 5.32 Å². The van der Waals surface area contributed by atoms with Gasteiger partial charge in [0.25, 0.3) is 0 Å². The molecule has 0 bridgehead atoms. The first-order valence-corrected chi connectivity index (χ1v) is 7.18. The van der Waals surface area contributed by atoms with Gasteiger partial charge >= 0.3 is 12.1 Å². The van der Waals surface area contributed by atoms with Crippen LogP contribution in [0.4, 0.5) is 13.2 Å². The highest BCUT2D eigenvalue weighted by atomic mass is 19.4. The summed E-state index contributed by atoms with van der Waals surface area (Å²) in [6.45, 7) is 6.19. The molecule has 122 valence electrons. The molecule has 1 aromatic carbocycles. The minimum Gasteiger partial charge on any atom is -0.460 e. The van der Waals surface area contributed by atoms with Crippen molar-refractivity contribution in [1.29, 1.82) is 0 Å². The molecular formula is C16H20F3NO2. The van der Waals surface area contributed by atoms with E-state index in [-0.39, 0.29) is 11.9 Å². The molecule has 2 atom stereocenters. The molecule has 22 heavy (non-hydrogen) atoms. The van der Waals surface area contributed by atoms with Crippen LogP contribution in [-0.2, 0) is 15.7 Å². The van der Waals surface area contributed by atoms with E-state index in [4.69, 9.17) is 4.74 Å². The van der Waals surface area contributed by atoms with Gasteiger partial charge in [0.05, 0.1) is 11.5 Å². The number of rotatable bonds is 2. The van der Waals surface area contributed by atoms with Gasteiger partial charge < -0.3 is 10.1 Å². The molecular weight excluding hydrogens is 295 g/mol. The molecule has 1 fully saturated rings. The Morgan fingerprint density at radius 3 is 2.50 bits per heavy atom. The summed E-state index contributed by atoms with van der Waals surface area (Å²) in [5, 5.41) is 3.06. The van der Waals surface area contributed by atoms with Gasteiger partial charge in [-0.1, -0.05) is 18.2 Å². The third-order valence-corrected chi connectivity index (χ3v) is 3.57. The van der Waals surface area contributed by atoms with E-state index in [1.54, 1.807) is 26.8 Å². The van der Waals surface area contributed by atoms with Crippen LogP contribution >= 0.6 is 0 Å². The molecule has 1 saturated heterocycles. The lowest BCUT2D eigenvalue weighted by molar-refractivity contribution is -0.159. The molecule has 0 aliphatic carbocycles. The van der Waals surface area contributed by atoms with Crippen LogP contribution in [0.3, 0.4) is 0 Å². The molecule has 1 aliphatic rings. The summed E-state index contributed by atoms with van der Waals surface area (Å²) in [4.78, 5) is 12.2. The number of carbonyl (C=O) groups is 1. The Labute approximate surface area is 127 Å². The zero-order valence-corrected chi connectivity index (χ0v) is 12.8. The van der Waals surface area contributed by atoms with Gasteiger partial charge in [0.1, 0.15) is 5.60 Å². The molecule has 1 aliphatic heterocycles. The number of ether oxygens (including phenoxy) is 1. The summed E-state index contributed by atoms with van der Waals surface area (Å²) in [5.74, 6) is -1.15. The summed E-state index contributed by atoms with van der Waals surface area (Å²) < 4.78 is 43.8. The first-order valence-electron chi connectivity index (χ1n) is 7.18. The largest absolute Gasteiger partial charge is 0.460 e. The van der Waals surface area contributed by atoms with Crippen molar-refractivity contribution in [1.82, 2.24) is 5.32 Å². The van der Waals surface area contributed by atoms with Crippen molar-refractivity contribution < 1.29 is 22.7 Å². The predicted molar refractivity (Wildman–Crippen MR) is 76.4 cm³/mol. The molecule has 2 rings (SSSR count). The zero-order valence-electron chi connectivity index (χ0n) is 12.8. The van der Waals surface area contributed by atoms with Crippen molar-refractivity contribution >= 4 is 5.97 Å². The number of nitrogens with one attached hydrogen (secondary N) is 1. The second-order valence-electron chi connectivity index (χ2n) is 6.53. The summed E-state index contributed by atoms with van der Waals surface area (Å²) in [6, 6.07) is 5.16. The molecule has 3 nitrogen and oxygen atoms in total. The maximum Gasteiger partial charge on any atom is 0.416 e. The lowest BCUT2D eigenvalue weighted by Crippen LogP contribution is -2.31. The van der Waals surface area contributed by atoms with Gasteiger partial charge in [0, 0.05) is 19.0 Å². The number of carbonyl (C=O) groups excluding carboxylic acids is 1. The Bertz CT molecular complexity index is 549. The van der Waals surface area contributed by atoms with E-state index in [0.29, 0.717) is 18.7 Å². The van der Waals surface area contributed by atoms with Gasteiger partial charge in [-0.05, 0) is 32.4 Å². The number of alkyl halides is 3. The van der Waals surface area contributed by atoms with E-state index in [1.165, 1.54) is 6.07 Å². The topological polar surface area (TPSA) is 38.3 Å². The summed E-state index contributed by atoms with van der Waals surface area (Å²) in [5.41, 5.74) is -0.798. The van der Waals surface area contributed by atoms with Gasteiger partial charge in [-0.3, -0.25) is 4.79 Å². The Morgan fingerprint density at radius 2 is 1.91 bits per heavy atom. The van der Waals surface area contributed by atoms with Crippen molar-refractivity contribution in [3.8, 4) is 0 Å². The summed E-state index contributed by atoms with van der Waals surface area (Å²) >= 11 is 0. The van der Waals surface area contributed by atoms with E-state index >= 15 is 0 Å². The fourth-order valence-corrected chi connectivity index (χ4v) is 2.60. The van der Waals surface area contributed by atoms with E-state index in [1.807, 2.05) is 0 Å². The van der Waals surface area contributed by atoms with E-state index in [9.17, 15) is 18.0 Å². The normalized spacial score (nSPS) is 22.6. The van der Waals surface area contributed by atoms with E-state index in [0.717, 1.165) is 12.1 Å². The molecule has 0 aromatic heterocycles. The highest BCUT2D eigenvalue weighted by molar-refractivity contribution is 5.75. The monoisotopic (exact) mass is 315 g/mol. The number of hydrogen-bond donors (Lipinski definition) is 1. The van der Waals surface area contributed by atoms with Gasteiger partial charge in [-0.15, -0.1) is 0 Å². The van der Waals surface area contributed by atoms with Crippen LogP contribution in [0.25, 0.3) is 0 Å². The third kappa shape index (κ3) is 4.00. The minimum atomic E-state index is -4.39. The van der Waals surface area contributed by atoms with Crippen molar-refractivity contribution in [3.63, 3.8) is 0 Å². The molecule has 1 heterocycles. The van der Waals surface area contributed by atoms with E-state index in [2.05, 4.69) is 5.32 Å². The standard InChI is InChI=1S/C16H20F3NO2/c1-15(2,3)22-14(21)13-9-20-8-12(13)10-5-4-6-11(7-10)16(17,18)19/h4-7,12-13,20H,8-9H2,1-3H3. The molecule has 6 heteroatoms. The molecule has 0 radical (unpaired) electrons. The predicted octanol–water partition coefficient (Wildman–Crippen LogP) is 3.35. The zero-order chi connectivity index (χ0) is 16.5. The Balaban J connectivity index is 2.22. The van der Waals surface area contributed by atoms with Crippen LogP contribution in [0.5, 0.6) is 0 Å². The van der Waals surface area contributed by atoms with Crippen LogP contribution in [0, 0.1) is 5.92 Å². The van der Waals surface area contributed by atoms with Crippen LogP contribution in [0.1, 0.15) is 37.8 Å². The van der Waals surface area contributed by atoms with Crippen LogP contribution in [-0.4, -0.2) is 24.7 Å². The molecule has 1 aromatic rings. The van der Waals surface area contributed by atoms with Gasteiger partial charge in [-0.25, -0.2) is 0 Å². The van der Waals surface area contributed by atoms with Crippen LogP contribution in [0.15, 0.2) is 24.3 Å². The maximum atomic E-state index is 12.8. The van der Waals surface area contributed by atoms with Crippen molar-refractivity contribution in [2.45, 2.75) is 38.5 Å². The average molecular weight is 315 g/mol. The number of halogens is 3. The summed E-state index contributed by atoms with van der Waals surface area (Å²) in [6.07, 6.45) is -4.39. The lowest BCUT2D eigenvalue weighted by Gasteiger charge is -2.25. The third-order valence-electron chi connectivity index (χ3n) is 3.57. The second-order valence-corrected chi connectivity index (χ2v) is 6.53. The molecule has 1 N–H and O–H groups in total. The SMILES string of the molecule is CC(C)(C)OC(=O)C1CNCC1c1cccc(C(F)(F)F)c1. The average Bonchev–Trinajstić information content (AvgIpc) is 2.85. The van der Waals surface area contributed by atoms with E-state index < -0.39 is 23.3 Å². The fourth-order valence-electron chi connectivity index (χ4n) is 2.60. The first kappa shape index (κ1) is 16.8.